The highest BCUT2D eigenvalue weighted by Gasteiger charge is 2.24. The molecule has 29 heavy (non-hydrogen) atoms. The average molecular weight is 392 g/mol. The lowest BCUT2D eigenvalue weighted by molar-refractivity contribution is -0.119. The van der Waals surface area contributed by atoms with Gasteiger partial charge in [-0.2, -0.15) is 0 Å². The first-order valence-electron chi connectivity index (χ1n) is 9.32. The number of para-hydroxylation sites is 4. The largest absolute Gasteiger partial charge is 0.486 e. The Balaban J connectivity index is 1.69. The number of alkyl halides is 1. The predicted octanol–water partition coefficient (Wildman–Crippen LogP) is 4.75. The predicted molar refractivity (Wildman–Crippen MR) is 108 cm³/mol. The second-order valence-corrected chi connectivity index (χ2v) is 6.44. The van der Waals surface area contributed by atoms with E-state index in [0.717, 1.165) is 5.56 Å². The Kier molecular flexibility index (Phi) is 5.61. The van der Waals surface area contributed by atoms with E-state index in [9.17, 15) is 9.18 Å². The van der Waals surface area contributed by atoms with Crippen molar-refractivity contribution in [2.75, 3.05) is 24.8 Å². The standard InChI is InChI=1S/C23H20FNO4/c24-15-22(26)25(16-17-7-6-12-21-23(17)28-14-13-27-21)19-10-4-5-11-20(19)29-18-8-2-1-3-9-18/h1-12H,13-16H2/i24-1. The zero-order chi connectivity index (χ0) is 20.1. The van der Waals surface area contributed by atoms with Gasteiger partial charge in [0.25, 0.3) is 5.91 Å². The molecule has 4 rings (SSSR count). The normalized spacial score (nSPS) is 12.3. The Hall–Kier alpha value is -3.54. The summed E-state index contributed by atoms with van der Waals surface area (Å²) < 4.78 is 30.8. The summed E-state index contributed by atoms with van der Waals surface area (Å²) in [6, 6.07) is 21.8. The molecule has 1 aliphatic heterocycles. The first-order chi connectivity index (χ1) is 14.3. The number of hydrogen-bond donors (Lipinski definition) is 0. The number of carbonyl (C=O) groups excluding carboxylic acids is 1. The van der Waals surface area contributed by atoms with Crippen LogP contribution in [0.4, 0.5) is 10.1 Å². The van der Waals surface area contributed by atoms with Gasteiger partial charge in [-0.3, -0.25) is 4.79 Å². The van der Waals surface area contributed by atoms with Gasteiger partial charge in [-0.1, -0.05) is 42.5 Å². The van der Waals surface area contributed by atoms with Crippen LogP contribution >= 0.6 is 0 Å². The topological polar surface area (TPSA) is 48.0 Å². The molecular formula is C23H20FNO4. The number of nitrogens with zero attached hydrogens (tertiary/aromatic N) is 1. The van der Waals surface area contributed by atoms with Gasteiger partial charge in [-0.15, -0.1) is 0 Å². The van der Waals surface area contributed by atoms with Crippen LogP contribution in [-0.2, 0) is 11.3 Å². The van der Waals surface area contributed by atoms with Crippen molar-refractivity contribution in [2.45, 2.75) is 6.54 Å². The molecule has 0 unspecified atom stereocenters. The molecule has 0 aromatic heterocycles. The maximum absolute atomic E-state index is 13.4. The molecule has 0 radical (unpaired) electrons. The number of anilines is 1. The smallest absolute Gasteiger partial charge is 0.258 e. The van der Waals surface area contributed by atoms with Gasteiger partial charge >= 0.3 is 0 Å². The molecule has 148 valence electrons. The van der Waals surface area contributed by atoms with E-state index < -0.39 is 12.6 Å². The molecule has 6 heteroatoms. The Labute approximate surface area is 168 Å². The Morgan fingerprint density at radius 2 is 1.69 bits per heavy atom. The second kappa shape index (κ2) is 8.65. The molecule has 1 aliphatic rings. The molecule has 3 aromatic rings. The van der Waals surface area contributed by atoms with Gasteiger partial charge in [0.2, 0.25) is 0 Å². The van der Waals surface area contributed by atoms with Gasteiger partial charge in [0, 0.05) is 5.56 Å². The molecule has 0 aliphatic carbocycles. The van der Waals surface area contributed by atoms with E-state index >= 15 is 0 Å². The van der Waals surface area contributed by atoms with Crippen LogP contribution in [0, 0.1) is 0 Å². The summed E-state index contributed by atoms with van der Waals surface area (Å²) in [5, 5.41) is 0. The van der Waals surface area contributed by atoms with Crippen LogP contribution < -0.4 is 19.1 Å². The van der Waals surface area contributed by atoms with Crippen LogP contribution in [0.2, 0.25) is 0 Å². The average Bonchev–Trinajstić information content (AvgIpc) is 2.78. The van der Waals surface area contributed by atoms with Crippen LogP contribution in [-0.4, -0.2) is 25.8 Å². The summed E-state index contributed by atoms with van der Waals surface area (Å²) in [6.07, 6.45) is 0. The summed E-state index contributed by atoms with van der Waals surface area (Å²) in [4.78, 5) is 13.9. The van der Waals surface area contributed by atoms with Gasteiger partial charge in [-0.25, -0.2) is 4.39 Å². The zero-order valence-electron chi connectivity index (χ0n) is 15.7. The van der Waals surface area contributed by atoms with E-state index in [1.54, 1.807) is 24.3 Å². The van der Waals surface area contributed by atoms with Crippen molar-refractivity contribution in [1.29, 1.82) is 0 Å². The third-order valence-corrected chi connectivity index (χ3v) is 4.52. The maximum Gasteiger partial charge on any atom is 0.258 e. The molecule has 3 aromatic carbocycles. The van der Waals surface area contributed by atoms with E-state index in [1.807, 2.05) is 48.5 Å². The number of amides is 1. The Bertz CT molecular complexity index is 993. The fourth-order valence-electron chi connectivity index (χ4n) is 3.19. The quantitative estimate of drug-likeness (QED) is 0.607. The number of fused-ring (bicyclic) bond motifs is 1. The van der Waals surface area contributed by atoms with E-state index in [4.69, 9.17) is 14.2 Å². The summed E-state index contributed by atoms with van der Waals surface area (Å²) in [5.41, 5.74) is 1.21. The molecule has 0 saturated carbocycles. The minimum atomic E-state index is -1.12. The number of ether oxygens (including phenoxy) is 3. The van der Waals surface area contributed by atoms with Gasteiger partial charge in [0.05, 0.1) is 12.2 Å². The lowest BCUT2D eigenvalue weighted by atomic mass is 10.1. The number of carbonyl (C=O) groups is 1. The van der Waals surface area contributed by atoms with E-state index in [2.05, 4.69) is 0 Å². The van der Waals surface area contributed by atoms with Crippen molar-refractivity contribution in [3.63, 3.8) is 0 Å². The molecule has 5 nitrogen and oxygen atoms in total. The molecule has 0 bridgehead atoms. The van der Waals surface area contributed by atoms with E-state index in [0.29, 0.717) is 41.9 Å². The van der Waals surface area contributed by atoms with Crippen LogP contribution in [0.3, 0.4) is 0 Å². The van der Waals surface area contributed by atoms with Crippen LogP contribution in [0.1, 0.15) is 5.56 Å². The van der Waals surface area contributed by atoms with E-state index in [1.165, 1.54) is 4.90 Å². The molecule has 1 heterocycles. The van der Waals surface area contributed by atoms with Crippen LogP contribution in [0.25, 0.3) is 0 Å². The number of halogens is 1. The number of hydrogen-bond acceptors (Lipinski definition) is 4. The number of rotatable bonds is 6. The fraction of sp³-hybridized carbons (Fsp3) is 0.174. The minimum Gasteiger partial charge on any atom is -0.486 e. The summed E-state index contributed by atoms with van der Waals surface area (Å²) in [5.74, 6) is 1.62. The number of benzene rings is 3. The molecule has 0 N–H and O–H groups in total. The fourth-order valence-corrected chi connectivity index (χ4v) is 3.19. The van der Waals surface area contributed by atoms with Gasteiger partial charge in [0.15, 0.2) is 23.9 Å². The molecule has 0 spiro atoms. The van der Waals surface area contributed by atoms with Crippen molar-refractivity contribution in [3.8, 4) is 23.0 Å². The molecule has 0 saturated heterocycles. The van der Waals surface area contributed by atoms with Crippen LogP contribution in [0.5, 0.6) is 23.0 Å². The lowest BCUT2D eigenvalue weighted by Gasteiger charge is -2.27. The summed E-state index contributed by atoms with van der Waals surface area (Å²) in [7, 11) is 0. The third kappa shape index (κ3) is 4.16. The van der Waals surface area contributed by atoms with Crippen molar-refractivity contribution in [3.05, 3.63) is 78.4 Å². The van der Waals surface area contributed by atoms with E-state index in [-0.39, 0.29) is 6.54 Å². The highest BCUT2D eigenvalue weighted by Crippen LogP contribution is 2.37. The zero-order valence-corrected chi connectivity index (χ0v) is 15.7. The first kappa shape index (κ1) is 18.8. The monoisotopic (exact) mass is 392 g/mol. The van der Waals surface area contributed by atoms with Crippen molar-refractivity contribution in [2.24, 2.45) is 0 Å². The van der Waals surface area contributed by atoms with Crippen molar-refractivity contribution >= 4 is 11.6 Å². The molecule has 1 amide bonds. The summed E-state index contributed by atoms with van der Waals surface area (Å²) in [6.45, 7) is -0.0946. The molecule has 0 atom stereocenters. The highest BCUT2D eigenvalue weighted by molar-refractivity contribution is 5.95. The van der Waals surface area contributed by atoms with Gasteiger partial charge < -0.3 is 19.1 Å². The van der Waals surface area contributed by atoms with Crippen LogP contribution in [0.15, 0.2) is 72.8 Å². The minimum absolute atomic E-state index is 0.129. The van der Waals surface area contributed by atoms with Gasteiger partial charge in [-0.05, 0) is 30.3 Å². The first-order valence-corrected chi connectivity index (χ1v) is 9.32. The maximum atomic E-state index is 13.4. The highest BCUT2D eigenvalue weighted by atomic mass is 18.2. The lowest BCUT2D eigenvalue weighted by Crippen LogP contribution is -2.32. The third-order valence-electron chi connectivity index (χ3n) is 4.52. The second-order valence-electron chi connectivity index (χ2n) is 6.44. The molecule has 0 fully saturated rings. The SMILES string of the molecule is O=C(C[18F])N(Cc1cccc2c1OCCO2)c1ccccc1Oc1ccccc1. The van der Waals surface area contributed by atoms with Gasteiger partial charge in [0.1, 0.15) is 19.0 Å². The molecular weight excluding hydrogens is 372 g/mol. The van der Waals surface area contributed by atoms with Crippen molar-refractivity contribution in [1.82, 2.24) is 0 Å². The Morgan fingerprint density at radius 3 is 2.52 bits per heavy atom. The van der Waals surface area contributed by atoms with Crippen molar-refractivity contribution < 1.29 is 23.4 Å². The summed E-state index contributed by atoms with van der Waals surface area (Å²) >= 11 is 0. The Morgan fingerprint density at radius 1 is 0.931 bits per heavy atom.